The first-order valence-electron chi connectivity index (χ1n) is 13.5. The van der Waals surface area contributed by atoms with Gasteiger partial charge in [-0.05, 0) is 104 Å². The Kier molecular flexibility index (Phi) is 13.5. The molecule has 0 saturated heterocycles. The van der Waals surface area contributed by atoms with Gasteiger partial charge >= 0.3 is 5.97 Å². The fraction of sp³-hybridized carbons (Fsp3) is 0.344. The van der Waals surface area contributed by atoms with Crippen LogP contribution in [0.3, 0.4) is 0 Å². The smallest absolute Gasteiger partial charge is 0.303 e. The second-order valence-electron chi connectivity index (χ2n) is 10.0. The average Bonchev–Trinajstić information content (AvgIpc) is 2.89. The Morgan fingerprint density at radius 2 is 1.76 bits per heavy atom. The Hall–Kier alpha value is -3.89. The van der Waals surface area contributed by atoms with Crippen molar-refractivity contribution in [2.24, 2.45) is 5.16 Å². The predicted octanol–water partition coefficient (Wildman–Crippen LogP) is 6.38. The van der Waals surface area contributed by atoms with E-state index in [1.165, 1.54) is 17.2 Å². The van der Waals surface area contributed by atoms with Crippen molar-refractivity contribution in [2.45, 2.75) is 47.0 Å². The number of ether oxygens (including phenoxy) is 1. The van der Waals surface area contributed by atoms with Crippen LogP contribution in [-0.2, 0) is 32.3 Å². The van der Waals surface area contributed by atoms with Gasteiger partial charge in [0.1, 0.15) is 24.8 Å². The van der Waals surface area contributed by atoms with Crippen LogP contribution in [-0.4, -0.2) is 57.4 Å². The van der Waals surface area contributed by atoms with E-state index < -0.39 is 15.8 Å². The highest BCUT2D eigenvalue weighted by molar-refractivity contribution is 7.94. The van der Waals surface area contributed by atoms with E-state index in [1.807, 2.05) is 26.0 Å². The molecule has 0 spiro atoms. The number of aryl methyl sites for hydroxylation is 3. The van der Waals surface area contributed by atoms with E-state index in [1.54, 1.807) is 12.1 Å². The van der Waals surface area contributed by atoms with E-state index in [2.05, 4.69) is 54.5 Å². The van der Waals surface area contributed by atoms with Gasteiger partial charge in [0.25, 0.3) is 0 Å². The van der Waals surface area contributed by atoms with E-state index in [9.17, 15) is 13.4 Å². The number of anilines is 1. The van der Waals surface area contributed by atoms with Crippen molar-refractivity contribution in [3.63, 3.8) is 0 Å². The third-order valence-corrected chi connectivity index (χ3v) is 5.92. The minimum Gasteiger partial charge on any atom is -0.488 e. The summed E-state index contributed by atoms with van der Waals surface area (Å²) in [5.41, 5.74) is 7.62. The molecule has 0 bridgehead atoms. The van der Waals surface area contributed by atoms with Crippen LogP contribution in [0.1, 0.15) is 42.5 Å². The summed E-state index contributed by atoms with van der Waals surface area (Å²) in [5, 5.41) is 16.0. The molecule has 0 amide bonds. The molecule has 1 unspecified atom stereocenters. The third-order valence-electron chi connectivity index (χ3n) is 5.92. The van der Waals surface area contributed by atoms with Gasteiger partial charge in [-0.25, -0.2) is 8.60 Å². The number of nitrogens with one attached hydrogen (secondary N) is 1. The number of halogens is 1. The largest absolute Gasteiger partial charge is 0.488 e. The van der Waals surface area contributed by atoms with E-state index in [-0.39, 0.29) is 18.7 Å². The maximum atomic E-state index is 14.3. The summed E-state index contributed by atoms with van der Waals surface area (Å²) in [6, 6.07) is 17.4. The summed E-state index contributed by atoms with van der Waals surface area (Å²) < 4.78 is 37.8. The Morgan fingerprint density at radius 1 is 1.10 bits per heavy atom. The van der Waals surface area contributed by atoms with Gasteiger partial charge in [0.15, 0.2) is 0 Å². The van der Waals surface area contributed by atoms with Gasteiger partial charge in [0.05, 0.1) is 15.5 Å². The average molecular weight is 601 g/mol. The van der Waals surface area contributed by atoms with Crippen LogP contribution in [0.15, 0.2) is 59.8 Å². The van der Waals surface area contributed by atoms with Crippen molar-refractivity contribution in [3.8, 4) is 16.9 Å². The number of carboxylic acids is 1. The number of oxime groups is 1. The van der Waals surface area contributed by atoms with Crippen molar-refractivity contribution in [1.29, 1.82) is 0 Å². The van der Waals surface area contributed by atoms with Crippen molar-refractivity contribution < 1.29 is 32.6 Å². The van der Waals surface area contributed by atoms with Crippen molar-refractivity contribution in [1.82, 2.24) is 0 Å². The lowest BCUT2D eigenvalue weighted by molar-refractivity contribution is -0.136. The molecule has 10 heteroatoms. The monoisotopic (exact) mass is 600 g/mol. The van der Waals surface area contributed by atoms with E-state index in [4.69, 9.17) is 19.2 Å². The highest BCUT2D eigenvalue weighted by Crippen LogP contribution is 2.31. The molecular formula is C32H41FN2O6S. The van der Waals surface area contributed by atoms with Crippen LogP contribution >= 0.6 is 0 Å². The maximum absolute atomic E-state index is 14.3. The topological polar surface area (TPSA) is 117 Å². The Balaban J connectivity index is 0.00000113. The molecule has 0 heterocycles. The first-order valence-corrected chi connectivity index (χ1v) is 15.6. The van der Waals surface area contributed by atoms with Crippen molar-refractivity contribution >= 4 is 33.0 Å². The lowest BCUT2D eigenvalue weighted by Crippen LogP contribution is -2.08. The minimum absolute atomic E-state index is 0.0856. The molecule has 0 aliphatic heterocycles. The lowest BCUT2D eigenvalue weighted by Gasteiger charge is -2.15. The number of aliphatic carboxylic acids is 1. The minimum atomic E-state index is -2.67. The van der Waals surface area contributed by atoms with Crippen LogP contribution in [0.25, 0.3) is 11.1 Å². The van der Waals surface area contributed by atoms with Gasteiger partial charge in [-0.3, -0.25) is 4.79 Å². The number of rotatable bonds is 13. The van der Waals surface area contributed by atoms with Gasteiger partial charge in [-0.2, -0.15) is 0 Å². The summed E-state index contributed by atoms with van der Waals surface area (Å²) in [7, 11) is -2.67. The van der Waals surface area contributed by atoms with Gasteiger partial charge in [0, 0.05) is 24.9 Å². The van der Waals surface area contributed by atoms with Crippen LogP contribution in [0.2, 0.25) is 0 Å². The molecule has 42 heavy (non-hydrogen) atoms. The predicted molar refractivity (Wildman–Crippen MR) is 170 cm³/mol. The third kappa shape index (κ3) is 12.7. The summed E-state index contributed by atoms with van der Waals surface area (Å²) in [6.45, 7) is 9.47. The SMILES string of the molecule is C=S(C)(=O)O.CCO/N=C(\C)COc1cc(C)c(-c2cccc(CCNc3ccc(CCC(=O)O)c(F)c3)c2)c(C)c1. The molecule has 0 aromatic heterocycles. The quantitative estimate of drug-likeness (QED) is 0.118. The summed E-state index contributed by atoms with van der Waals surface area (Å²) in [5.74, 6) is 2.33. The zero-order valence-corrected chi connectivity index (χ0v) is 25.7. The van der Waals surface area contributed by atoms with E-state index in [0.717, 1.165) is 40.8 Å². The molecule has 1 atom stereocenters. The summed E-state index contributed by atoms with van der Waals surface area (Å²) in [4.78, 5) is 15.8. The van der Waals surface area contributed by atoms with E-state index >= 15 is 0 Å². The number of nitrogens with zero attached hydrogens (tertiary/aromatic N) is 1. The Morgan fingerprint density at radius 3 is 2.36 bits per heavy atom. The second-order valence-corrected chi connectivity index (χ2v) is 11.9. The van der Waals surface area contributed by atoms with Crippen LogP contribution in [0.5, 0.6) is 5.75 Å². The number of carbonyl (C=O) groups is 1. The Bertz CT molecular complexity index is 1460. The summed E-state index contributed by atoms with van der Waals surface area (Å²) in [6.07, 6.45) is 2.03. The number of benzene rings is 3. The first kappa shape index (κ1) is 34.3. The molecule has 3 N–H and O–H groups in total. The molecule has 0 saturated carbocycles. The van der Waals surface area contributed by atoms with Crippen molar-refractivity contribution in [3.05, 3.63) is 82.7 Å². The molecular weight excluding hydrogens is 559 g/mol. The van der Waals surface area contributed by atoms with Gasteiger partial charge in [-0.15, -0.1) is 0 Å². The molecule has 0 aliphatic carbocycles. The van der Waals surface area contributed by atoms with Gasteiger partial charge in [-0.1, -0.05) is 35.5 Å². The zero-order chi connectivity index (χ0) is 31.3. The molecule has 228 valence electrons. The van der Waals surface area contributed by atoms with Crippen molar-refractivity contribution in [2.75, 3.05) is 31.3 Å². The first-order chi connectivity index (χ1) is 19.8. The van der Waals surface area contributed by atoms with Gasteiger partial charge in [0.2, 0.25) is 0 Å². The fourth-order valence-corrected chi connectivity index (χ4v) is 4.19. The van der Waals surface area contributed by atoms with E-state index in [0.29, 0.717) is 31.0 Å². The molecule has 0 fully saturated rings. The molecule has 8 nitrogen and oxygen atoms in total. The highest BCUT2D eigenvalue weighted by Gasteiger charge is 2.10. The fourth-order valence-electron chi connectivity index (χ4n) is 4.19. The van der Waals surface area contributed by atoms with Crippen LogP contribution in [0, 0.1) is 19.7 Å². The standard InChI is InChI=1S/C30H35FN2O4.C2H6O2S/c1-5-37-33-22(4)19-36-27-15-20(2)30(21(3)16-27)25-8-6-7-23(17-25)13-14-32-26-11-9-24(28(31)18-26)10-12-29(34)35;1-5(2,3)4/h6-9,11,15-18,32H,5,10,12-14,19H2,1-4H3,(H,34,35);1H2,2H3,(H,3,4)/b33-22+;. The zero-order valence-electron chi connectivity index (χ0n) is 24.9. The van der Waals surface area contributed by atoms with Crippen LogP contribution < -0.4 is 10.1 Å². The highest BCUT2D eigenvalue weighted by atomic mass is 32.2. The van der Waals surface area contributed by atoms with Gasteiger partial charge < -0.3 is 24.6 Å². The number of carboxylic acid groups (broad SMARTS) is 1. The molecule has 0 radical (unpaired) electrons. The second kappa shape index (κ2) is 16.5. The summed E-state index contributed by atoms with van der Waals surface area (Å²) >= 11 is 0. The van der Waals surface area contributed by atoms with Crippen LogP contribution in [0.4, 0.5) is 10.1 Å². The molecule has 0 aliphatic rings. The Labute approximate surface area is 248 Å². The number of hydrogen-bond donors (Lipinski definition) is 3. The normalized spacial score (nSPS) is 12.5. The lowest BCUT2D eigenvalue weighted by atomic mass is 9.94. The number of hydrogen-bond acceptors (Lipinski definition) is 6. The molecule has 3 aromatic carbocycles. The molecule has 3 aromatic rings. The molecule has 3 rings (SSSR count). The maximum Gasteiger partial charge on any atom is 0.303 e.